The molecule has 6 heteroatoms. The van der Waals surface area contributed by atoms with E-state index in [2.05, 4.69) is 15.6 Å². The number of aromatic nitrogens is 1. The lowest BCUT2D eigenvalue weighted by Crippen LogP contribution is -2.35. The molecule has 1 aromatic rings. The number of carbonyl (C=O) groups is 2. The summed E-state index contributed by atoms with van der Waals surface area (Å²) in [4.78, 5) is 30.7. The van der Waals surface area contributed by atoms with E-state index in [-0.39, 0.29) is 17.9 Å². The average Bonchev–Trinajstić information content (AvgIpc) is 2.83. The zero-order valence-electron chi connectivity index (χ0n) is 14.7. The first-order valence-corrected chi connectivity index (χ1v) is 8.76. The molecule has 0 saturated heterocycles. The number of nitrogens with zero attached hydrogens (tertiary/aromatic N) is 2. The third kappa shape index (κ3) is 5.92. The number of carbonyl (C=O) groups excluding carboxylic acids is 2. The van der Waals surface area contributed by atoms with Crippen LogP contribution in [0.5, 0.6) is 0 Å². The normalized spacial score (nSPS) is 15.8. The minimum Gasteiger partial charge on any atom is -0.351 e. The van der Waals surface area contributed by atoms with Crippen molar-refractivity contribution in [3.63, 3.8) is 0 Å². The molecular formula is C18H28N4O2. The molecule has 0 aliphatic heterocycles. The van der Waals surface area contributed by atoms with E-state index in [1.807, 2.05) is 19.0 Å². The van der Waals surface area contributed by atoms with E-state index in [4.69, 9.17) is 0 Å². The third-order valence-electron chi connectivity index (χ3n) is 4.29. The predicted octanol–water partition coefficient (Wildman–Crippen LogP) is 1.83. The van der Waals surface area contributed by atoms with Gasteiger partial charge in [-0.05, 0) is 39.1 Å². The highest BCUT2D eigenvalue weighted by atomic mass is 16.2. The van der Waals surface area contributed by atoms with Gasteiger partial charge in [0, 0.05) is 30.9 Å². The zero-order valence-corrected chi connectivity index (χ0v) is 14.7. The fourth-order valence-electron chi connectivity index (χ4n) is 2.87. The third-order valence-corrected chi connectivity index (χ3v) is 4.29. The number of pyridine rings is 1. The molecule has 1 aliphatic carbocycles. The number of hydrogen-bond acceptors (Lipinski definition) is 4. The maximum atomic E-state index is 12.4. The summed E-state index contributed by atoms with van der Waals surface area (Å²) in [5.74, 6) is -0.368. The molecular weight excluding hydrogens is 304 g/mol. The second kappa shape index (κ2) is 9.37. The molecule has 1 saturated carbocycles. The van der Waals surface area contributed by atoms with Crippen LogP contribution in [0.1, 0.15) is 59.4 Å². The van der Waals surface area contributed by atoms with Gasteiger partial charge in [-0.3, -0.25) is 14.6 Å². The summed E-state index contributed by atoms with van der Waals surface area (Å²) in [6, 6.07) is 3.42. The Morgan fingerprint density at radius 1 is 1.17 bits per heavy atom. The van der Waals surface area contributed by atoms with Crippen molar-refractivity contribution in [2.24, 2.45) is 0 Å². The molecule has 6 nitrogen and oxygen atoms in total. The second-order valence-corrected chi connectivity index (χ2v) is 6.65. The van der Waals surface area contributed by atoms with E-state index < -0.39 is 0 Å². The van der Waals surface area contributed by atoms with Crippen LogP contribution in [0, 0.1) is 0 Å². The molecule has 0 bridgehead atoms. The van der Waals surface area contributed by atoms with Crippen LogP contribution >= 0.6 is 0 Å². The summed E-state index contributed by atoms with van der Waals surface area (Å²) in [5.41, 5.74) is 0.772. The number of rotatable bonds is 6. The fraction of sp³-hybridized carbons (Fsp3) is 0.611. The molecule has 2 rings (SSSR count). The number of hydrogen-bond donors (Lipinski definition) is 2. The maximum absolute atomic E-state index is 12.4. The summed E-state index contributed by atoms with van der Waals surface area (Å²) in [6.07, 6.45) is 8.37. The van der Waals surface area contributed by atoms with Gasteiger partial charge in [0.25, 0.3) is 11.8 Å². The summed E-state index contributed by atoms with van der Waals surface area (Å²) < 4.78 is 0. The van der Waals surface area contributed by atoms with Gasteiger partial charge >= 0.3 is 0 Å². The highest BCUT2D eigenvalue weighted by molar-refractivity contribution is 5.98. The molecule has 2 N–H and O–H groups in total. The van der Waals surface area contributed by atoms with Gasteiger partial charge in [0.2, 0.25) is 0 Å². The van der Waals surface area contributed by atoms with Crippen molar-refractivity contribution in [1.29, 1.82) is 0 Å². The van der Waals surface area contributed by atoms with Gasteiger partial charge in [0.15, 0.2) is 0 Å². The molecule has 0 spiro atoms. The van der Waals surface area contributed by atoms with E-state index in [0.717, 1.165) is 32.2 Å². The molecule has 2 amide bonds. The van der Waals surface area contributed by atoms with Crippen LogP contribution in [0.3, 0.4) is 0 Å². The van der Waals surface area contributed by atoms with E-state index >= 15 is 0 Å². The van der Waals surface area contributed by atoms with Crippen LogP contribution in [0.25, 0.3) is 0 Å². The Hall–Kier alpha value is -1.95. The van der Waals surface area contributed by atoms with Crippen LogP contribution in [-0.2, 0) is 0 Å². The number of likely N-dealkylation sites (N-methyl/N-ethyl adjacent to an activating group) is 1. The monoisotopic (exact) mass is 332 g/mol. The lowest BCUT2D eigenvalue weighted by molar-refractivity contribution is 0.0928. The smallest absolute Gasteiger partial charge is 0.270 e. The summed E-state index contributed by atoms with van der Waals surface area (Å²) in [7, 11) is 3.91. The van der Waals surface area contributed by atoms with Crippen molar-refractivity contribution in [1.82, 2.24) is 20.5 Å². The van der Waals surface area contributed by atoms with Crippen molar-refractivity contribution >= 4 is 11.8 Å². The SMILES string of the molecule is CN(C)CCNC(=O)c1ccnc(C(=O)NC2CCCCCC2)c1. The van der Waals surface area contributed by atoms with E-state index in [1.54, 1.807) is 12.1 Å². The lowest BCUT2D eigenvalue weighted by Gasteiger charge is -2.16. The molecule has 1 fully saturated rings. The van der Waals surface area contributed by atoms with Crippen molar-refractivity contribution in [2.75, 3.05) is 27.2 Å². The van der Waals surface area contributed by atoms with E-state index in [9.17, 15) is 9.59 Å². The molecule has 0 aromatic carbocycles. The molecule has 0 unspecified atom stereocenters. The van der Waals surface area contributed by atoms with E-state index in [0.29, 0.717) is 17.8 Å². The van der Waals surface area contributed by atoms with Gasteiger partial charge in [-0.15, -0.1) is 0 Å². The van der Waals surface area contributed by atoms with Crippen LogP contribution in [0.2, 0.25) is 0 Å². The minimum absolute atomic E-state index is 0.178. The average molecular weight is 332 g/mol. The van der Waals surface area contributed by atoms with Gasteiger partial charge in [0.05, 0.1) is 0 Å². The molecule has 1 heterocycles. The summed E-state index contributed by atoms with van der Waals surface area (Å²) in [5, 5.41) is 5.91. The molecule has 0 atom stereocenters. The topological polar surface area (TPSA) is 74.3 Å². The Kier molecular flexibility index (Phi) is 7.18. The standard InChI is InChI=1S/C18H28N4O2/c1-22(2)12-11-20-17(23)14-9-10-19-16(13-14)18(24)21-15-7-5-3-4-6-8-15/h9-10,13,15H,3-8,11-12H2,1-2H3,(H,20,23)(H,21,24). The maximum Gasteiger partial charge on any atom is 0.270 e. The van der Waals surface area contributed by atoms with Crippen LogP contribution in [0.15, 0.2) is 18.3 Å². The Labute approximate surface area is 144 Å². The van der Waals surface area contributed by atoms with Gasteiger partial charge in [-0.25, -0.2) is 0 Å². The van der Waals surface area contributed by atoms with Crippen LogP contribution in [0.4, 0.5) is 0 Å². The quantitative estimate of drug-likeness (QED) is 0.780. The van der Waals surface area contributed by atoms with Crippen LogP contribution < -0.4 is 10.6 Å². The largest absolute Gasteiger partial charge is 0.351 e. The van der Waals surface area contributed by atoms with Crippen LogP contribution in [-0.4, -0.2) is 54.9 Å². The Morgan fingerprint density at radius 2 is 1.88 bits per heavy atom. The second-order valence-electron chi connectivity index (χ2n) is 6.65. The molecule has 132 valence electrons. The Morgan fingerprint density at radius 3 is 2.54 bits per heavy atom. The zero-order chi connectivity index (χ0) is 17.4. The lowest BCUT2D eigenvalue weighted by atomic mass is 10.1. The highest BCUT2D eigenvalue weighted by Crippen LogP contribution is 2.17. The number of amides is 2. The van der Waals surface area contributed by atoms with E-state index in [1.165, 1.54) is 19.0 Å². The van der Waals surface area contributed by atoms with Gasteiger partial charge < -0.3 is 15.5 Å². The predicted molar refractivity (Wildman–Crippen MR) is 94.1 cm³/mol. The molecule has 1 aliphatic rings. The molecule has 0 radical (unpaired) electrons. The Bertz CT molecular complexity index is 552. The fourth-order valence-corrected chi connectivity index (χ4v) is 2.87. The first-order valence-electron chi connectivity index (χ1n) is 8.76. The van der Waals surface area contributed by atoms with Crippen molar-refractivity contribution in [2.45, 2.75) is 44.6 Å². The van der Waals surface area contributed by atoms with Gasteiger partial charge in [-0.2, -0.15) is 0 Å². The van der Waals surface area contributed by atoms with Crippen molar-refractivity contribution < 1.29 is 9.59 Å². The molecule has 1 aromatic heterocycles. The Balaban J connectivity index is 1.93. The van der Waals surface area contributed by atoms with Gasteiger partial charge in [0.1, 0.15) is 5.69 Å². The molecule has 24 heavy (non-hydrogen) atoms. The number of nitrogens with one attached hydrogen (secondary N) is 2. The van der Waals surface area contributed by atoms with Crippen molar-refractivity contribution in [3.8, 4) is 0 Å². The first kappa shape index (κ1) is 18.4. The van der Waals surface area contributed by atoms with Gasteiger partial charge in [-0.1, -0.05) is 25.7 Å². The minimum atomic E-state index is -0.190. The highest BCUT2D eigenvalue weighted by Gasteiger charge is 2.17. The van der Waals surface area contributed by atoms with Crippen molar-refractivity contribution in [3.05, 3.63) is 29.6 Å². The summed E-state index contributed by atoms with van der Waals surface area (Å²) in [6.45, 7) is 1.34. The summed E-state index contributed by atoms with van der Waals surface area (Å²) >= 11 is 0. The first-order chi connectivity index (χ1) is 11.6.